The molecule has 10 heteroatoms. The Bertz CT molecular complexity index is 851. The van der Waals surface area contributed by atoms with Crippen molar-refractivity contribution in [3.05, 3.63) is 46.2 Å². The van der Waals surface area contributed by atoms with Gasteiger partial charge in [-0.3, -0.25) is 14.4 Å². The molecule has 6 nitrogen and oxygen atoms in total. The van der Waals surface area contributed by atoms with Crippen LogP contribution in [0.4, 0.5) is 24.5 Å². The second-order valence-electron chi connectivity index (χ2n) is 5.63. The van der Waals surface area contributed by atoms with Crippen LogP contribution in [-0.2, 0) is 15.8 Å². The molecule has 0 saturated heterocycles. The molecule has 0 spiro atoms. The molecule has 0 atom stereocenters. The SMILES string of the molecule is CC(=O)Nc1ccc(C(F)(F)F)cc1NC(=O)CN(C)C(=O)c1cccs1. The lowest BCUT2D eigenvalue weighted by Crippen LogP contribution is -2.34. The van der Waals surface area contributed by atoms with Gasteiger partial charge in [-0.05, 0) is 29.6 Å². The highest BCUT2D eigenvalue weighted by molar-refractivity contribution is 7.12. The van der Waals surface area contributed by atoms with Crippen molar-refractivity contribution in [2.75, 3.05) is 24.2 Å². The van der Waals surface area contributed by atoms with Gasteiger partial charge in [-0.2, -0.15) is 13.2 Å². The third-order valence-corrected chi connectivity index (χ3v) is 4.25. The molecule has 0 aliphatic rings. The van der Waals surface area contributed by atoms with Gasteiger partial charge in [-0.25, -0.2) is 0 Å². The number of hydrogen-bond acceptors (Lipinski definition) is 4. The van der Waals surface area contributed by atoms with E-state index in [-0.39, 0.29) is 23.8 Å². The fourth-order valence-electron chi connectivity index (χ4n) is 2.19. The maximum atomic E-state index is 12.9. The predicted molar refractivity (Wildman–Crippen MR) is 95.7 cm³/mol. The number of nitrogens with zero attached hydrogens (tertiary/aromatic N) is 1. The van der Waals surface area contributed by atoms with Crippen LogP contribution in [0.3, 0.4) is 0 Å². The van der Waals surface area contributed by atoms with Crippen LogP contribution < -0.4 is 10.6 Å². The highest BCUT2D eigenvalue weighted by Gasteiger charge is 2.31. The van der Waals surface area contributed by atoms with Gasteiger partial charge in [0.2, 0.25) is 11.8 Å². The summed E-state index contributed by atoms with van der Waals surface area (Å²) in [7, 11) is 1.41. The summed E-state index contributed by atoms with van der Waals surface area (Å²) in [5, 5.41) is 6.38. The number of likely N-dealkylation sites (N-methyl/N-ethyl adjacent to an activating group) is 1. The standard InChI is InChI=1S/C17H16F3N3O3S/c1-10(24)21-12-6-5-11(17(18,19)20)8-13(12)22-15(25)9-23(2)16(26)14-4-3-7-27-14/h3-8H,9H2,1-2H3,(H,21,24)(H,22,25). The molecule has 0 aliphatic carbocycles. The molecule has 144 valence electrons. The van der Waals surface area contributed by atoms with Crippen LogP contribution in [0, 0.1) is 0 Å². The predicted octanol–water partition coefficient (Wildman–Crippen LogP) is 3.44. The Morgan fingerprint density at radius 2 is 1.81 bits per heavy atom. The van der Waals surface area contributed by atoms with Crippen molar-refractivity contribution in [2.24, 2.45) is 0 Å². The van der Waals surface area contributed by atoms with E-state index in [9.17, 15) is 27.6 Å². The second-order valence-corrected chi connectivity index (χ2v) is 6.57. The quantitative estimate of drug-likeness (QED) is 0.809. The number of amides is 3. The molecule has 0 bridgehead atoms. The zero-order valence-electron chi connectivity index (χ0n) is 14.4. The average Bonchev–Trinajstić information content (AvgIpc) is 3.08. The van der Waals surface area contributed by atoms with Gasteiger partial charge in [0.25, 0.3) is 5.91 Å². The van der Waals surface area contributed by atoms with Crippen molar-refractivity contribution in [2.45, 2.75) is 13.1 Å². The van der Waals surface area contributed by atoms with Crippen LogP contribution >= 0.6 is 11.3 Å². The molecule has 2 N–H and O–H groups in total. The van der Waals surface area contributed by atoms with Gasteiger partial charge < -0.3 is 15.5 Å². The number of carbonyl (C=O) groups excluding carboxylic acids is 3. The third kappa shape index (κ3) is 5.55. The number of nitrogens with one attached hydrogen (secondary N) is 2. The minimum atomic E-state index is -4.61. The first kappa shape index (κ1) is 20.4. The van der Waals surface area contributed by atoms with Gasteiger partial charge in [0, 0.05) is 14.0 Å². The summed E-state index contributed by atoms with van der Waals surface area (Å²) in [4.78, 5) is 37.2. The van der Waals surface area contributed by atoms with Crippen molar-refractivity contribution in [1.29, 1.82) is 0 Å². The van der Waals surface area contributed by atoms with Gasteiger partial charge in [-0.1, -0.05) is 6.07 Å². The van der Waals surface area contributed by atoms with Gasteiger partial charge >= 0.3 is 6.18 Å². The van der Waals surface area contributed by atoms with E-state index in [1.807, 2.05) is 0 Å². The lowest BCUT2D eigenvalue weighted by Gasteiger charge is -2.18. The Morgan fingerprint density at radius 3 is 2.37 bits per heavy atom. The lowest BCUT2D eigenvalue weighted by atomic mass is 10.1. The Balaban J connectivity index is 2.17. The van der Waals surface area contributed by atoms with E-state index in [0.29, 0.717) is 4.88 Å². The van der Waals surface area contributed by atoms with Crippen molar-refractivity contribution < 1.29 is 27.6 Å². The number of rotatable bonds is 5. The van der Waals surface area contributed by atoms with Crippen LogP contribution in [0.1, 0.15) is 22.2 Å². The molecule has 0 fully saturated rings. The maximum absolute atomic E-state index is 12.9. The molecule has 1 aromatic carbocycles. The highest BCUT2D eigenvalue weighted by Crippen LogP contribution is 2.34. The van der Waals surface area contributed by atoms with Gasteiger partial charge in [0.05, 0.1) is 28.4 Å². The van der Waals surface area contributed by atoms with E-state index in [4.69, 9.17) is 0 Å². The van der Waals surface area contributed by atoms with Crippen molar-refractivity contribution in [1.82, 2.24) is 4.90 Å². The number of halogens is 3. The Kier molecular flexibility index (Phi) is 6.21. The summed E-state index contributed by atoms with van der Waals surface area (Å²) in [6.45, 7) is 0.823. The number of thiophene rings is 1. The van der Waals surface area contributed by atoms with Crippen LogP contribution in [0.15, 0.2) is 35.7 Å². The van der Waals surface area contributed by atoms with E-state index in [0.717, 1.165) is 23.1 Å². The first-order valence-corrected chi connectivity index (χ1v) is 8.53. The summed E-state index contributed by atoms with van der Waals surface area (Å²) >= 11 is 1.21. The van der Waals surface area contributed by atoms with Gasteiger partial charge in [0.15, 0.2) is 0 Å². The van der Waals surface area contributed by atoms with Crippen LogP contribution in [0.2, 0.25) is 0 Å². The lowest BCUT2D eigenvalue weighted by molar-refractivity contribution is -0.137. The minimum absolute atomic E-state index is 0.0242. The van der Waals surface area contributed by atoms with E-state index in [1.54, 1.807) is 17.5 Å². The van der Waals surface area contributed by atoms with E-state index in [2.05, 4.69) is 10.6 Å². The molecule has 2 rings (SSSR count). The second kappa shape index (κ2) is 8.21. The molecule has 27 heavy (non-hydrogen) atoms. The molecular weight excluding hydrogens is 383 g/mol. The molecular formula is C17H16F3N3O3S. The smallest absolute Gasteiger partial charge is 0.332 e. The normalized spacial score (nSPS) is 11.0. The Labute approximate surface area is 157 Å². The number of hydrogen-bond donors (Lipinski definition) is 2. The van der Waals surface area contributed by atoms with E-state index < -0.39 is 23.6 Å². The summed E-state index contributed by atoms with van der Waals surface area (Å²) < 4.78 is 38.8. The number of carbonyl (C=O) groups is 3. The van der Waals surface area contributed by atoms with Gasteiger partial charge in [0.1, 0.15) is 0 Å². The molecule has 1 heterocycles. The molecule has 0 radical (unpaired) electrons. The van der Waals surface area contributed by atoms with Crippen LogP contribution in [-0.4, -0.2) is 36.2 Å². The summed E-state index contributed by atoms with van der Waals surface area (Å²) in [6.07, 6.45) is -4.61. The minimum Gasteiger partial charge on any atom is -0.332 e. The third-order valence-electron chi connectivity index (χ3n) is 3.39. The molecule has 0 aliphatic heterocycles. The summed E-state index contributed by atoms with van der Waals surface area (Å²) in [5.41, 5.74) is -1.16. The zero-order chi connectivity index (χ0) is 20.2. The molecule has 3 amide bonds. The Morgan fingerprint density at radius 1 is 1.11 bits per heavy atom. The monoisotopic (exact) mass is 399 g/mol. The molecule has 2 aromatic rings. The van der Waals surface area contributed by atoms with Crippen LogP contribution in [0.25, 0.3) is 0 Å². The van der Waals surface area contributed by atoms with E-state index in [1.165, 1.54) is 25.3 Å². The van der Waals surface area contributed by atoms with Crippen molar-refractivity contribution in [3.63, 3.8) is 0 Å². The largest absolute Gasteiger partial charge is 0.416 e. The molecule has 0 unspecified atom stereocenters. The first-order valence-electron chi connectivity index (χ1n) is 7.65. The highest BCUT2D eigenvalue weighted by atomic mass is 32.1. The fourth-order valence-corrected chi connectivity index (χ4v) is 2.91. The number of anilines is 2. The molecule has 0 saturated carbocycles. The van der Waals surface area contributed by atoms with Crippen molar-refractivity contribution >= 4 is 40.4 Å². The number of alkyl halides is 3. The Hall–Kier alpha value is -2.88. The van der Waals surface area contributed by atoms with Crippen molar-refractivity contribution in [3.8, 4) is 0 Å². The molecule has 1 aromatic heterocycles. The van der Waals surface area contributed by atoms with E-state index >= 15 is 0 Å². The zero-order valence-corrected chi connectivity index (χ0v) is 15.2. The first-order chi connectivity index (χ1) is 12.6. The number of benzene rings is 1. The van der Waals surface area contributed by atoms with Crippen LogP contribution in [0.5, 0.6) is 0 Å². The van der Waals surface area contributed by atoms with Gasteiger partial charge in [-0.15, -0.1) is 11.3 Å². The maximum Gasteiger partial charge on any atom is 0.416 e. The topological polar surface area (TPSA) is 78.5 Å². The fraction of sp³-hybridized carbons (Fsp3) is 0.235. The average molecular weight is 399 g/mol. The summed E-state index contributed by atoms with van der Waals surface area (Å²) in [6, 6.07) is 5.87. The summed E-state index contributed by atoms with van der Waals surface area (Å²) in [5.74, 6) is -1.59.